The van der Waals surface area contributed by atoms with Crippen LogP contribution in [-0.2, 0) is 0 Å². The molecule has 0 saturated carbocycles. The van der Waals surface area contributed by atoms with E-state index in [2.05, 4.69) is 94.4 Å². The third kappa shape index (κ3) is 4.66. The topological polar surface area (TPSA) is 42.3 Å². The molecule has 2 atom stereocenters. The summed E-state index contributed by atoms with van der Waals surface area (Å²) < 4.78 is 8.32. The summed E-state index contributed by atoms with van der Waals surface area (Å²) in [6.07, 6.45) is 3.94. The lowest BCUT2D eigenvalue weighted by molar-refractivity contribution is 0.482. The van der Waals surface area contributed by atoms with Crippen LogP contribution in [0.15, 0.2) is 116 Å². The number of hydrogen-bond acceptors (Lipinski definition) is 3. The Balaban J connectivity index is 1.39. The number of ether oxygens (including phenoxy) is 1. The van der Waals surface area contributed by atoms with Gasteiger partial charge in [0.2, 0.25) is 0 Å². The van der Waals surface area contributed by atoms with Crippen molar-refractivity contribution in [1.29, 1.82) is 0 Å². The molecule has 38 heavy (non-hydrogen) atoms. The van der Waals surface area contributed by atoms with E-state index in [1.165, 1.54) is 11.1 Å². The fourth-order valence-corrected chi connectivity index (χ4v) is 5.34. The largest absolute Gasteiger partial charge is 0.457 e. The minimum Gasteiger partial charge on any atom is -0.457 e. The zero-order chi connectivity index (χ0) is 26.1. The highest BCUT2D eigenvalue weighted by molar-refractivity contribution is 7.80. The van der Waals surface area contributed by atoms with Crippen LogP contribution < -0.4 is 15.0 Å². The third-order valence-electron chi connectivity index (χ3n) is 6.83. The summed E-state index contributed by atoms with van der Waals surface area (Å²) in [7, 11) is 0. The van der Waals surface area contributed by atoms with Gasteiger partial charge in [-0.3, -0.25) is 4.98 Å². The van der Waals surface area contributed by atoms with E-state index in [-0.39, 0.29) is 12.1 Å². The normalized spacial score (nSPS) is 16.9. The Morgan fingerprint density at radius 2 is 1.53 bits per heavy atom. The summed E-state index contributed by atoms with van der Waals surface area (Å²) in [6.45, 7) is 4.18. The summed E-state index contributed by atoms with van der Waals surface area (Å²) in [5.41, 5.74) is 6.58. The molecule has 6 rings (SSSR count). The van der Waals surface area contributed by atoms with Crippen molar-refractivity contribution in [3.8, 4) is 17.2 Å². The van der Waals surface area contributed by atoms with Gasteiger partial charge in [-0.1, -0.05) is 35.9 Å². The standard InChI is InChI=1S/C32H28N4OS/c1-22-11-15-26(16-12-22)37-27-17-13-24(14-18-27)36-31(30(34-32(36)38)28-9-3-4-19-33-28)29-10-6-20-35(29)25-8-5-7-23(2)21-25/h3-21,30-31H,1-2H3,(H,34,38). The molecular formula is C32H28N4OS. The molecule has 1 N–H and O–H groups in total. The number of benzene rings is 3. The first-order valence-corrected chi connectivity index (χ1v) is 13.1. The molecule has 0 radical (unpaired) electrons. The van der Waals surface area contributed by atoms with Crippen molar-refractivity contribution in [3.05, 3.63) is 138 Å². The van der Waals surface area contributed by atoms with Crippen molar-refractivity contribution in [2.24, 2.45) is 0 Å². The predicted octanol–water partition coefficient (Wildman–Crippen LogP) is 7.46. The minimum atomic E-state index is -0.120. The average molecular weight is 517 g/mol. The third-order valence-corrected chi connectivity index (χ3v) is 7.15. The monoisotopic (exact) mass is 516 g/mol. The van der Waals surface area contributed by atoms with Gasteiger partial charge in [0.05, 0.1) is 11.7 Å². The zero-order valence-corrected chi connectivity index (χ0v) is 22.1. The van der Waals surface area contributed by atoms with Crippen molar-refractivity contribution in [2.75, 3.05) is 4.90 Å². The van der Waals surface area contributed by atoms with E-state index in [9.17, 15) is 0 Å². The molecule has 0 spiro atoms. The Kier molecular flexibility index (Phi) is 6.40. The molecule has 0 bridgehead atoms. The number of thiocarbonyl (C=S) groups is 1. The maximum atomic E-state index is 6.07. The van der Waals surface area contributed by atoms with Gasteiger partial charge in [-0.05, 0) is 104 Å². The van der Waals surface area contributed by atoms with Crippen LogP contribution in [0.1, 0.15) is 34.6 Å². The fourth-order valence-electron chi connectivity index (χ4n) is 5.00. The lowest BCUT2D eigenvalue weighted by Gasteiger charge is -2.29. The van der Waals surface area contributed by atoms with E-state index in [0.717, 1.165) is 34.3 Å². The molecule has 5 nitrogen and oxygen atoms in total. The lowest BCUT2D eigenvalue weighted by atomic mass is 10.0. The number of nitrogens with zero attached hydrogens (tertiary/aromatic N) is 3. The van der Waals surface area contributed by atoms with Gasteiger partial charge in [0.1, 0.15) is 17.5 Å². The van der Waals surface area contributed by atoms with E-state index in [4.69, 9.17) is 17.0 Å². The first-order valence-electron chi connectivity index (χ1n) is 12.7. The van der Waals surface area contributed by atoms with Gasteiger partial charge in [0.15, 0.2) is 5.11 Å². The van der Waals surface area contributed by atoms with E-state index < -0.39 is 0 Å². The quantitative estimate of drug-likeness (QED) is 0.237. The van der Waals surface area contributed by atoms with Crippen molar-refractivity contribution in [1.82, 2.24) is 14.9 Å². The molecule has 0 amide bonds. The van der Waals surface area contributed by atoms with Gasteiger partial charge < -0.3 is 19.5 Å². The van der Waals surface area contributed by atoms with Crippen LogP contribution in [0.4, 0.5) is 5.69 Å². The highest BCUT2D eigenvalue weighted by Gasteiger charge is 2.42. The second kappa shape index (κ2) is 10.1. The number of rotatable bonds is 6. The molecule has 3 aromatic carbocycles. The van der Waals surface area contributed by atoms with Gasteiger partial charge in [0, 0.05) is 29.5 Å². The van der Waals surface area contributed by atoms with Crippen LogP contribution in [-0.4, -0.2) is 14.7 Å². The molecule has 188 valence electrons. The highest BCUT2D eigenvalue weighted by Crippen LogP contribution is 2.42. The van der Waals surface area contributed by atoms with Crippen LogP contribution in [0, 0.1) is 13.8 Å². The Bertz CT molecular complexity index is 1560. The van der Waals surface area contributed by atoms with Gasteiger partial charge in [-0.25, -0.2) is 0 Å². The number of nitrogens with one attached hydrogen (secondary N) is 1. The van der Waals surface area contributed by atoms with Crippen LogP contribution in [0.2, 0.25) is 0 Å². The average Bonchev–Trinajstić information content (AvgIpc) is 3.55. The molecule has 5 aromatic rings. The molecule has 1 saturated heterocycles. The van der Waals surface area contributed by atoms with Crippen LogP contribution in [0.5, 0.6) is 11.5 Å². The summed E-state index contributed by atoms with van der Waals surface area (Å²) >= 11 is 5.93. The van der Waals surface area contributed by atoms with Gasteiger partial charge in [-0.15, -0.1) is 0 Å². The van der Waals surface area contributed by atoms with Gasteiger partial charge in [-0.2, -0.15) is 0 Å². The predicted molar refractivity (Wildman–Crippen MR) is 156 cm³/mol. The molecule has 6 heteroatoms. The second-order valence-electron chi connectivity index (χ2n) is 9.55. The van der Waals surface area contributed by atoms with Crippen LogP contribution in [0.3, 0.4) is 0 Å². The van der Waals surface area contributed by atoms with E-state index in [1.807, 2.05) is 54.7 Å². The fraction of sp³-hybridized carbons (Fsp3) is 0.125. The smallest absolute Gasteiger partial charge is 0.174 e. The van der Waals surface area contributed by atoms with Gasteiger partial charge in [0.25, 0.3) is 0 Å². The number of pyridine rings is 1. The molecule has 3 heterocycles. The molecule has 1 fully saturated rings. The van der Waals surface area contributed by atoms with Crippen molar-refractivity contribution in [2.45, 2.75) is 25.9 Å². The Morgan fingerprint density at radius 1 is 0.763 bits per heavy atom. The lowest BCUT2D eigenvalue weighted by Crippen LogP contribution is -2.30. The van der Waals surface area contributed by atoms with Crippen molar-refractivity contribution >= 4 is 23.0 Å². The van der Waals surface area contributed by atoms with E-state index in [1.54, 1.807) is 0 Å². The molecule has 1 aliphatic rings. The summed E-state index contributed by atoms with van der Waals surface area (Å²) in [4.78, 5) is 6.88. The maximum absolute atomic E-state index is 6.07. The number of hydrogen-bond donors (Lipinski definition) is 1. The first-order chi connectivity index (χ1) is 18.6. The zero-order valence-electron chi connectivity index (χ0n) is 21.3. The maximum Gasteiger partial charge on any atom is 0.174 e. The first kappa shape index (κ1) is 23.9. The highest BCUT2D eigenvalue weighted by atomic mass is 32.1. The number of aryl methyl sites for hydroxylation is 2. The minimum absolute atomic E-state index is 0.114. The molecular weight excluding hydrogens is 488 g/mol. The molecule has 1 aliphatic heterocycles. The summed E-state index contributed by atoms with van der Waals surface area (Å²) in [6, 6.07) is 34.7. The number of anilines is 1. The SMILES string of the molecule is Cc1ccc(Oc2ccc(N3C(=S)NC(c4ccccn4)C3c3cccn3-c3cccc(C)c3)cc2)cc1. The summed E-state index contributed by atoms with van der Waals surface area (Å²) in [5, 5.41) is 4.22. The van der Waals surface area contributed by atoms with Crippen molar-refractivity contribution in [3.63, 3.8) is 0 Å². The Morgan fingerprint density at radius 3 is 2.24 bits per heavy atom. The van der Waals surface area contributed by atoms with E-state index >= 15 is 0 Å². The second-order valence-corrected chi connectivity index (χ2v) is 9.93. The van der Waals surface area contributed by atoms with Crippen LogP contribution >= 0.6 is 12.2 Å². The molecule has 2 unspecified atom stereocenters. The molecule has 2 aromatic heterocycles. The number of aromatic nitrogens is 2. The van der Waals surface area contributed by atoms with Gasteiger partial charge >= 0.3 is 0 Å². The van der Waals surface area contributed by atoms with Crippen molar-refractivity contribution < 1.29 is 4.74 Å². The molecule has 0 aliphatic carbocycles. The Labute approximate surface area is 228 Å². The Hall–Kier alpha value is -4.42. The summed E-state index contributed by atoms with van der Waals surface area (Å²) in [5.74, 6) is 1.59. The van der Waals surface area contributed by atoms with E-state index in [0.29, 0.717) is 5.11 Å². The van der Waals surface area contributed by atoms with Crippen LogP contribution in [0.25, 0.3) is 5.69 Å².